The van der Waals surface area contributed by atoms with Gasteiger partial charge in [0, 0.05) is 31.3 Å². The SMILES string of the molecule is O=C(O)CCCCCCCCCCCCCCCCCC(CCCCCCCCCCCCCCCCCC(=O)O)(CCCCCCCCCCCCCCCCCC(=O)O)C(CO)(CO)CCO. The van der Waals surface area contributed by atoms with E-state index in [0.29, 0.717) is 25.7 Å². The third-order valence-electron chi connectivity index (χ3n) is 16.0. The van der Waals surface area contributed by atoms with Crippen LogP contribution >= 0.6 is 0 Å². The van der Waals surface area contributed by atoms with Crippen molar-refractivity contribution in [2.75, 3.05) is 19.8 Å². The van der Waals surface area contributed by atoms with E-state index < -0.39 is 23.3 Å². The van der Waals surface area contributed by atoms with Crippen molar-refractivity contribution in [2.45, 2.75) is 334 Å². The second-order valence-electron chi connectivity index (χ2n) is 21.9. The number of hydrogen-bond acceptors (Lipinski definition) is 6. The van der Waals surface area contributed by atoms with Gasteiger partial charge in [-0.05, 0) is 50.4 Å². The minimum Gasteiger partial charge on any atom is -0.481 e. The molecule has 0 saturated carbocycles. The van der Waals surface area contributed by atoms with E-state index in [1.165, 1.54) is 212 Å². The van der Waals surface area contributed by atoms with E-state index >= 15 is 0 Å². The predicted molar refractivity (Wildman–Crippen MR) is 289 cm³/mol. The lowest BCUT2D eigenvalue weighted by molar-refractivity contribution is -0.138. The molecule has 0 heterocycles. The highest BCUT2D eigenvalue weighted by Gasteiger charge is 2.48. The second kappa shape index (κ2) is 51.2. The van der Waals surface area contributed by atoms with Crippen molar-refractivity contribution in [1.29, 1.82) is 0 Å². The lowest BCUT2D eigenvalue weighted by Crippen LogP contribution is -2.48. The average Bonchev–Trinajstić information content (AvgIpc) is 3.33. The Kier molecular flexibility index (Phi) is 49.9. The quantitative estimate of drug-likeness (QED) is 0.0324. The summed E-state index contributed by atoms with van der Waals surface area (Å²) >= 11 is 0. The number of carboxylic acids is 3. The largest absolute Gasteiger partial charge is 0.481 e. The molecule has 0 aromatic carbocycles. The summed E-state index contributed by atoms with van der Waals surface area (Å²) in [5, 5.41) is 58.8. The highest BCUT2D eigenvalue weighted by atomic mass is 16.4. The molecule has 0 aliphatic carbocycles. The first-order valence-electron chi connectivity index (χ1n) is 30.2. The number of aliphatic hydroxyl groups excluding tert-OH is 3. The van der Waals surface area contributed by atoms with E-state index in [1.807, 2.05) is 0 Å². The van der Waals surface area contributed by atoms with E-state index in [9.17, 15) is 29.7 Å². The van der Waals surface area contributed by atoms with E-state index in [2.05, 4.69) is 0 Å². The first kappa shape index (κ1) is 67.3. The molecule has 0 aliphatic rings. The van der Waals surface area contributed by atoms with Gasteiger partial charge in [0.1, 0.15) is 0 Å². The summed E-state index contributed by atoms with van der Waals surface area (Å²) in [6.07, 6.45) is 59.1. The van der Waals surface area contributed by atoms with Crippen LogP contribution in [0.3, 0.4) is 0 Å². The van der Waals surface area contributed by atoms with E-state index in [4.69, 9.17) is 15.3 Å². The van der Waals surface area contributed by atoms with Crippen molar-refractivity contribution in [3.05, 3.63) is 0 Å². The molecule has 9 nitrogen and oxygen atoms in total. The van der Waals surface area contributed by atoms with Crippen LogP contribution in [0.4, 0.5) is 0 Å². The van der Waals surface area contributed by atoms with Gasteiger partial charge in [-0.1, -0.05) is 270 Å². The molecule has 0 fully saturated rings. The van der Waals surface area contributed by atoms with Crippen LogP contribution in [-0.2, 0) is 14.4 Å². The van der Waals surface area contributed by atoms with Crippen LogP contribution < -0.4 is 0 Å². The smallest absolute Gasteiger partial charge is 0.303 e. The minimum absolute atomic E-state index is 0.000659. The number of carboxylic acid groups (broad SMARTS) is 3. The number of aliphatic carboxylic acids is 3. The van der Waals surface area contributed by atoms with Gasteiger partial charge in [-0.3, -0.25) is 14.4 Å². The van der Waals surface area contributed by atoms with Gasteiger partial charge in [0.05, 0.1) is 13.2 Å². The van der Waals surface area contributed by atoms with Gasteiger partial charge >= 0.3 is 17.9 Å². The van der Waals surface area contributed by atoms with E-state index in [1.54, 1.807) is 0 Å². The summed E-state index contributed by atoms with van der Waals surface area (Å²) in [6.45, 7) is -0.118. The molecule has 69 heavy (non-hydrogen) atoms. The van der Waals surface area contributed by atoms with Crippen LogP contribution in [0.1, 0.15) is 334 Å². The number of carbonyl (C=O) groups is 3. The van der Waals surface area contributed by atoms with Crippen molar-refractivity contribution in [3.63, 3.8) is 0 Å². The average molecular weight is 982 g/mol. The Morgan fingerprint density at radius 1 is 0.217 bits per heavy atom. The van der Waals surface area contributed by atoms with Crippen LogP contribution in [0.15, 0.2) is 0 Å². The topological polar surface area (TPSA) is 173 Å². The Morgan fingerprint density at radius 3 is 0.522 bits per heavy atom. The number of rotatable bonds is 59. The molecule has 0 aliphatic heterocycles. The zero-order chi connectivity index (χ0) is 50.6. The standard InChI is InChI=1S/C60H116O9/c61-53-52-60(54-62,55-63)59(49-43-37-31-25-19-13-7-1-4-10-16-22-28-34-40-46-56(64)65,50-44-38-32-26-20-14-8-2-5-11-17-23-29-35-41-47-57(66)67)51-45-39-33-27-21-15-9-3-6-12-18-24-30-36-42-48-58(68)69/h61-63H,1-55H2,(H,64,65)(H,66,67)(H,68,69). The Hall–Kier alpha value is -1.71. The van der Waals surface area contributed by atoms with Gasteiger partial charge in [-0.15, -0.1) is 0 Å². The monoisotopic (exact) mass is 981 g/mol. The van der Waals surface area contributed by atoms with Crippen molar-refractivity contribution < 1.29 is 45.0 Å². The normalized spacial score (nSPS) is 12.0. The molecule has 0 amide bonds. The number of aliphatic hydroxyl groups is 3. The van der Waals surface area contributed by atoms with Crippen LogP contribution in [-0.4, -0.2) is 68.4 Å². The molecule has 0 bridgehead atoms. The fourth-order valence-electron chi connectivity index (χ4n) is 11.3. The highest BCUT2D eigenvalue weighted by Crippen LogP contribution is 2.53. The summed E-state index contributed by atoms with van der Waals surface area (Å²) in [4.78, 5) is 32.0. The second-order valence-corrected chi connectivity index (χ2v) is 21.9. The van der Waals surface area contributed by atoms with E-state index in [-0.39, 0.29) is 25.2 Å². The van der Waals surface area contributed by atoms with Gasteiger partial charge in [-0.25, -0.2) is 0 Å². The molecular formula is C60H116O9. The lowest BCUT2D eigenvalue weighted by atomic mass is 9.55. The summed E-state index contributed by atoms with van der Waals surface area (Å²) in [5.74, 6) is -2.04. The molecule has 0 aromatic rings. The number of hydrogen-bond donors (Lipinski definition) is 6. The first-order valence-corrected chi connectivity index (χ1v) is 30.2. The predicted octanol–water partition coefficient (Wildman–Crippen LogP) is 17.5. The molecule has 0 atom stereocenters. The molecule has 0 radical (unpaired) electrons. The Balaban J connectivity index is 4.86. The van der Waals surface area contributed by atoms with Crippen LogP contribution in [0, 0.1) is 10.8 Å². The summed E-state index contributed by atoms with van der Waals surface area (Å²) in [7, 11) is 0. The number of unbranched alkanes of at least 4 members (excludes halogenated alkanes) is 42. The molecule has 6 N–H and O–H groups in total. The van der Waals surface area contributed by atoms with Gasteiger partial charge in [0.2, 0.25) is 0 Å². The van der Waals surface area contributed by atoms with Crippen molar-refractivity contribution >= 4 is 17.9 Å². The maximum atomic E-state index is 11.1. The fourth-order valence-corrected chi connectivity index (χ4v) is 11.3. The molecule has 0 saturated heterocycles. The summed E-state index contributed by atoms with van der Waals surface area (Å²) in [5.41, 5.74) is -0.808. The fraction of sp³-hybridized carbons (Fsp3) is 0.950. The maximum absolute atomic E-state index is 11.1. The Bertz CT molecular complexity index is 991. The van der Waals surface area contributed by atoms with Crippen molar-refractivity contribution in [2.24, 2.45) is 10.8 Å². The van der Waals surface area contributed by atoms with Crippen molar-refractivity contribution in [3.8, 4) is 0 Å². The zero-order valence-corrected chi connectivity index (χ0v) is 45.3. The third kappa shape index (κ3) is 42.5. The minimum atomic E-state index is -0.679. The molecule has 410 valence electrons. The summed E-state index contributed by atoms with van der Waals surface area (Å²) < 4.78 is 0. The lowest BCUT2D eigenvalue weighted by Gasteiger charge is -2.50. The molecular weight excluding hydrogens is 865 g/mol. The summed E-state index contributed by atoms with van der Waals surface area (Å²) in [6, 6.07) is 0. The maximum Gasteiger partial charge on any atom is 0.303 e. The van der Waals surface area contributed by atoms with Gasteiger partial charge in [0.25, 0.3) is 0 Å². The third-order valence-corrected chi connectivity index (χ3v) is 16.0. The van der Waals surface area contributed by atoms with E-state index in [0.717, 1.165) is 96.3 Å². The zero-order valence-electron chi connectivity index (χ0n) is 45.3. The first-order chi connectivity index (χ1) is 33.7. The Morgan fingerprint density at radius 2 is 0.377 bits per heavy atom. The van der Waals surface area contributed by atoms with Crippen molar-refractivity contribution in [1.82, 2.24) is 0 Å². The van der Waals surface area contributed by atoms with Crippen LogP contribution in [0.2, 0.25) is 0 Å². The molecule has 0 unspecified atom stereocenters. The van der Waals surface area contributed by atoms with Crippen LogP contribution in [0.5, 0.6) is 0 Å². The highest BCUT2D eigenvalue weighted by molar-refractivity contribution is 5.67. The van der Waals surface area contributed by atoms with Gasteiger partial charge in [-0.2, -0.15) is 0 Å². The molecule has 9 heteroatoms. The molecule has 0 spiro atoms. The van der Waals surface area contributed by atoms with Crippen LogP contribution in [0.25, 0.3) is 0 Å². The molecule has 0 rings (SSSR count). The molecule has 0 aromatic heterocycles. The Labute approximate surface area is 426 Å². The van der Waals surface area contributed by atoms with Gasteiger partial charge < -0.3 is 30.6 Å². The van der Waals surface area contributed by atoms with Gasteiger partial charge in [0.15, 0.2) is 0 Å².